The standard InChI is InChI=1S/C14H25NO/c1-5-8-15-12(4)14(11(2)3)10-13-7-6-9-16-13/h6-7,9,11-12,14-15H,5,8,10H2,1-4H3. The van der Waals surface area contributed by atoms with Crippen LogP contribution in [0.4, 0.5) is 0 Å². The zero-order valence-corrected chi connectivity index (χ0v) is 11.0. The van der Waals surface area contributed by atoms with E-state index in [1.165, 1.54) is 6.42 Å². The molecule has 0 bridgehead atoms. The summed E-state index contributed by atoms with van der Waals surface area (Å²) in [5, 5.41) is 3.58. The van der Waals surface area contributed by atoms with Crippen LogP contribution < -0.4 is 5.32 Å². The van der Waals surface area contributed by atoms with Crippen molar-refractivity contribution in [1.29, 1.82) is 0 Å². The number of hydrogen-bond acceptors (Lipinski definition) is 2. The summed E-state index contributed by atoms with van der Waals surface area (Å²) in [5.74, 6) is 2.41. The molecule has 0 aliphatic heterocycles. The minimum atomic E-state index is 0.546. The quantitative estimate of drug-likeness (QED) is 0.765. The molecule has 2 unspecified atom stereocenters. The molecule has 0 fully saturated rings. The molecule has 2 heteroatoms. The van der Waals surface area contributed by atoms with Gasteiger partial charge in [0.1, 0.15) is 5.76 Å². The molecule has 92 valence electrons. The third-order valence-corrected chi connectivity index (χ3v) is 3.23. The van der Waals surface area contributed by atoms with Crippen LogP contribution >= 0.6 is 0 Å². The van der Waals surface area contributed by atoms with Gasteiger partial charge in [-0.05, 0) is 43.9 Å². The first kappa shape index (κ1) is 13.3. The average molecular weight is 223 g/mol. The van der Waals surface area contributed by atoms with Crippen molar-refractivity contribution >= 4 is 0 Å². The number of hydrogen-bond donors (Lipinski definition) is 1. The maximum absolute atomic E-state index is 5.44. The molecule has 0 aromatic carbocycles. The van der Waals surface area contributed by atoms with Crippen molar-refractivity contribution in [3.8, 4) is 0 Å². The van der Waals surface area contributed by atoms with Crippen molar-refractivity contribution < 1.29 is 4.42 Å². The topological polar surface area (TPSA) is 25.2 Å². The first-order chi connectivity index (χ1) is 7.65. The minimum absolute atomic E-state index is 0.546. The lowest BCUT2D eigenvalue weighted by Crippen LogP contribution is -2.37. The van der Waals surface area contributed by atoms with E-state index in [2.05, 4.69) is 39.1 Å². The fraction of sp³-hybridized carbons (Fsp3) is 0.714. The molecule has 1 heterocycles. The summed E-state index contributed by atoms with van der Waals surface area (Å²) in [7, 11) is 0. The number of furan rings is 1. The van der Waals surface area contributed by atoms with Crippen molar-refractivity contribution in [3.05, 3.63) is 24.2 Å². The van der Waals surface area contributed by atoms with Crippen LogP contribution in [0.3, 0.4) is 0 Å². The smallest absolute Gasteiger partial charge is 0.104 e. The summed E-state index contributed by atoms with van der Waals surface area (Å²) in [4.78, 5) is 0. The third kappa shape index (κ3) is 4.01. The lowest BCUT2D eigenvalue weighted by Gasteiger charge is -2.27. The predicted octanol–water partition coefficient (Wildman–Crippen LogP) is 3.48. The van der Waals surface area contributed by atoms with Gasteiger partial charge in [-0.15, -0.1) is 0 Å². The Bertz CT molecular complexity index is 266. The maximum Gasteiger partial charge on any atom is 0.104 e. The fourth-order valence-corrected chi connectivity index (χ4v) is 2.17. The highest BCUT2D eigenvalue weighted by atomic mass is 16.3. The van der Waals surface area contributed by atoms with Crippen molar-refractivity contribution in [2.24, 2.45) is 11.8 Å². The molecule has 0 saturated heterocycles. The van der Waals surface area contributed by atoms with E-state index in [0.29, 0.717) is 17.9 Å². The van der Waals surface area contributed by atoms with Gasteiger partial charge in [0.15, 0.2) is 0 Å². The summed E-state index contributed by atoms with van der Waals surface area (Å²) < 4.78 is 5.44. The molecule has 1 N–H and O–H groups in total. The fourth-order valence-electron chi connectivity index (χ4n) is 2.17. The Morgan fingerprint density at radius 1 is 1.31 bits per heavy atom. The SMILES string of the molecule is CCCNC(C)C(Cc1ccco1)C(C)C. The molecule has 2 nitrogen and oxygen atoms in total. The monoisotopic (exact) mass is 223 g/mol. The molecular weight excluding hydrogens is 198 g/mol. The third-order valence-electron chi connectivity index (χ3n) is 3.23. The van der Waals surface area contributed by atoms with Crippen LogP contribution in [0.15, 0.2) is 22.8 Å². The van der Waals surface area contributed by atoms with Crippen LogP contribution in [-0.4, -0.2) is 12.6 Å². The van der Waals surface area contributed by atoms with Gasteiger partial charge in [-0.3, -0.25) is 0 Å². The molecule has 16 heavy (non-hydrogen) atoms. The lowest BCUT2D eigenvalue weighted by atomic mass is 9.85. The van der Waals surface area contributed by atoms with Gasteiger partial charge >= 0.3 is 0 Å². The Hall–Kier alpha value is -0.760. The Kier molecular flexibility index (Phi) is 5.61. The first-order valence-electron chi connectivity index (χ1n) is 6.41. The van der Waals surface area contributed by atoms with Gasteiger partial charge in [0.2, 0.25) is 0 Å². The van der Waals surface area contributed by atoms with Crippen LogP contribution in [0, 0.1) is 11.8 Å². The minimum Gasteiger partial charge on any atom is -0.469 e. The molecule has 0 radical (unpaired) electrons. The van der Waals surface area contributed by atoms with Gasteiger partial charge < -0.3 is 9.73 Å². The van der Waals surface area contributed by atoms with E-state index in [1.54, 1.807) is 6.26 Å². The highest BCUT2D eigenvalue weighted by molar-refractivity contribution is 5.00. The zero-order chi connectivity index (χ0) is 12.0. The second-order valence-electron chi connectivity index (χ2n) is 4.93. The van der Waals surface area contributed by atoms with E-state index in [4.69, 9.17) is 4.42 Å². The Labute approximate surface area is 99.4 Å². The van der Waals surface area contributed by atoms with Gasteiger partial charge in [-0.1, -0.05) is 20.8 Å². The summed E-state index contributed by atoms with van der Waals surface area (Å²) in [6.07, 6.45) is 3.98. The summed E-state index contributed by atoms with van der Waals surface area (Å²) in [5.41, 5.74) is 0. The number of rotatable bonds is 7. The van der Waals surface area contributed by atoms with E-state index < -0.39 is 0 Å². The summed E-state index contributed by atoms with van der Waals surface area (Å²) in [6.45, 7) is 10.2. The molecule has 0 aliphatic carbocycles. The molecule has 2 atom stereocenters. The van der Waals surface area contributed by atoms with E-state index in [-0.39, 0.29) is 0 Å². The molecule has 0 spiro atoms. The molecule has 0 saturated carbocycles. The van der Waals surface area contributed by atoms with Crippen LogP contribution in [0.25, 0.3) is 0 Å². The molecule has 0 aliphatic rings. The highest BCUT2D eigenvalue weighted by Gasteiger charge is 2.21. The largest absolute Gasteiger partial charge is 0.469 e. The van der Waals surface area contributed by atoms with Gasteiger partial charge in [0, 0.05) is 12.5 Å². The van der Waals surface area contributed by atoms with Gasteiger partial charge in [0.25, 0.3) is 0 Å². The van der Waals surface area contributed by atoms with E-state index in [0.717, 1.165) is 18.7 Å². The van der Waals surface area contributed by atoms with E-state index in [9.17, 15) is 0 Å². The molecule has 1 aromatic heterocycles. The number of nitrogens with one attached hydrogen (secondary N) is 1. The molecule has 0 amide bonds. The first-order valence-corrected chi connectivity index (χ1v) is 6.41. The zero-order valence-electron chi connectivity index (χ0n) is 11.0. The second-order valence-corrected chi connectivity index (χ2v) is 4.93. The summed E-state index contributed by atoms with van der Waals surface area (Å²) in [6, 6.07) is 4.59. The van der Waals surface area contributed by atoms with Crippen molar-refractivity contribution in [3.63, 3.8) is 0 Å². The van der Waals surface area contributed by atoms with Gasteiger partial charge in [-0.2, -0.15) is 0 Å². The van der Waals surface area contributed by atoms with E-state index in [1.807, 2.05) is 6.07 Å². The van der Waals surface area contributed by atoms with Crippen LogP contribution in [0.1, 0.15) is 39.9 Å². The summed E-state index contributed by atoms with van der Waals surface area (Å²) >= 11 is 0. The average Bonchev–Trinajstić information content (AvgIpc) is 2.74. The van der Waals surface area contributed by atoms with Crippen LogP contribution in [-0.2, 0) is 6.42 Å². The lowest BCUT2D eigenvalue weighted by molar-refractivity contribution is 0.273. The van der Waals surface area contributed by atoms with E-state index >= 15 is 0 Å². The maximum atomic E-state index is 5.44. The van der Waals surface area contributed by atoms with Crippen molar-refractivity contribution in [1.82, 2.24) is 5.32 Å². The Balaban J connectivity index is 2.53. The van der Waals surface area contributed by atoms with Crippen LogP contribution in [0.5, 0.6) is 0 Å². The van der Waals surface area contributed by atoms with Crippen molar-refractivity contribution in [2.45, 2.75) is 46.6 Å². The van der Waals surface area contributed by atoms with Gasteiger partial charge in [0.05, 0.1) is 6.26 Å². The highest BCUT2D eigenvalue weighted by Crippen LogP contribution is 2.21. The molecule has 1 aromatic rings. The van der Waals surface area contributed by atoms with Gasteiger partial charge in [-0.25, -0.2) is 0 Å². The molecule has 1 rings (SSSR count). The normalized spacial score (nSPS) is 15.3. The Morgan fingerprint density at radius 2 is 2.06 bits per heavy atom. The second kappa shape index (κ2) is 6.74. The molecular formula is C14H25NO. The van der Waals surface area contributed by atoms with Crippen molar-refractivity contribution in [2.75, 3.05) is 6.54 Å². The predicted molar refractivity (Wildman–Crippen MR) is 68.5 cm³/mol. The Morgan fingerprint density at radius 3 is 2.56 bits per heavy atom. The van der Waals surface area contributed by atoms with Crippen LogP contribution in [0.2, 0.25) is 0 Å².